The molecule has 1 aromatic carbocycles. The summed E-state index contributed by atoms with van der Waals surface area (Å²) in [4.78, 5) is 23.6. The third-order valence-electron chi connectivity index (χ3n) is 4.55. The first-order valence-electron chi connectivity index (χ1n) is 8.88. The molecular formula is C21H27NO3. The van der Waals surface area contributed by atoms with E-state index in [1.165, 1.54) is 0 Å². The fourth-order valence-electron chi connectivity index (χ4n) is 3.36. The van der Waals surface area contributed by atoms with Gasteiger partial charge in [-0.15, -0.1) is 0 Å². The molecule has 0 bridgehead atoms. The summed E-state index contributed by atoms with van der Waals surface area (Å²) in [7, 11) is 0. The molecule has 0 saturated heterocycles. The summed E-state index contributed by atoms with van der Waals surface area (Å²) in [6, 6.07) is 7.89. The maximum absolute atomic E-state index is 12.2. The van der Waals surface area contributed by atoms with Crippen molar-refractivity contribution in [2.24, 2.45) is 5.92 Å². The zero-order valence-corrected chi connectivity index (χ0v) is 15.1. The lowest BCUT2D eigenvalue weighted by Gasteiger charge is -2.30. The van der Waals surface area contributed by atoms with Crippen molar-refractivity contribution in [1.82, 2.24) is 5.32 Å². The molecule has 1 fully saturated rings. The van der Waals surface area contributed by atoms with Crippen LogP contribution in [0.15, 0.2) is 36.5 Å². The van der Waals surface area contributed by atoms with Gasteiger partial charge in [-0.25, -0.2) is 4.79 Å². The van der Waals surface area contributed by atoms with Gasteiger partial charge in [0, 0.05) is 18.0 Å². The van der Waals surface area contributed by atoms with E-state index in [-0.39, 0.29) is 17.8 Å². The molecule has 25 heavy (non-hydrogen) atoms. The molecule has 0 aliphatic heterocycles. The molecule has 0 heterocycles. The van der Waals surface area contributed by atoms with Gasteiger partial charge in [0.25, 0.3) is 0 Å². The number of carbonyl (C=O) groups excluding carboxylic acids is 2. The van der Waals surface area contributed by atoms with Crippen LogP contribution < -0.4 is 15.8 Å². The van der Waals surface area contributed by atoms with E-state index in [2.05, 4.69) is 11.9 Å². The number of rotatable bonds is 5. The third kappa shape index (κ3) is 5.89. The second-order valence-electron chi connectivity index (χ2n) is 6.61. The number of nitrogens with one attached hydrogen (secondary N) is 1. The lowest BCUT2D eigenvalue weighted by atomic mass is 9.83. The Morgan fingerprint density at radius 2 is 1.92 bits per heavy atom. The van der Waals surface area contributed by atoms with Crippen molar-refractivity contribution >= 4 is 24.0 Å². The molecule has 2 atom stereocenters. The van der Waals surface area contributed by atoms with Crippen molar-refractivity contribution in [3.63, 3.8) is 0 Å². The van der Waals surface area contributed by atoms with E-state index >= 15 is 0 Å². The lowest BCUT2D eigenvalue weighted by molar-refractivity contribution is -0.119. The smallest absolute Gasteiger partial charge is 0.411 e. The van der Waals surface area contributed by atoms with Gasteiger partial charge < -0.3 is 9.53 Å². The van der Waals surface area contributed by atoms with Crippen LogP contribution in [0.2, 0.25) is 0 Å². The second kappa shape index (κ2) is 9.21. The standard InChI is InChI=1S/C21H27NO3/c1-4-17-9-5-6-10-18(17)13-15(2)22-21(24)25-20-12-8-7-11-19(20)14-16(3)23/h4-6,9-10,13,19-20H,2,7-8,11-12,14H2,1,3H3,(H,22,24)/b17-4-,18-13-/t19-,20?/m1/s1. The summed E-state index contributed by atoms with van der Waals surface area (Å²) in [6.07, 6.45) is 7.48. The van der Waals surface area contributed by atoms with E-state index in [0.717, 1.165) is 36.1 Å². The van der Waals surface area contributed by atoms with Gasteiger partial charge in [-0.05, 0) is 49.6 Å². The van der Waals surface area contributed by atoms with Gasteiger partial charge in [-0.1, -0.05) is 43.3 Å². The summed E-state index contributed by atoms with van der Waals surface area (Å²) >= 11 is 0. The van der Waals surface area contributed by atoms with E-state index < -0.39 is 6.09 Å². The molecule has 4 nitrogen and oxygen atoms in total. The van der Waals surface area contributed by atoms with Crippen molar-refractivity contribution in [1.29, 1.82) is 0 Å². The Hall–Kier alpha value is -2.36. The molecule has 1 unspecified atom stereocenters. The first-order valence-corrected chi connectivity index (χ1v) is 8.88. The molecule has 0 radical (unpaired) electrons. The van der Waals surface area contributed by atoms with Crippen LogP contribution in [0, 0.1) is 5.92 Å². The van der Waals surface area contributed by atoms with E-state index in [9.17, 15) is 9.59 Å². The quantitative estimate of drug-likeness (QED) is 0.895. The zero-order chi connectivity index (χ0) is 18.2. The molecule has 1 saturated carbocycles. The first-order chi connectivity index (χ1) is 12.0. The lowest BCUT2D eigenvalue weighted by Crippen LogP contribution is -2.35. The molecule has 4 heteroatoms. The van der Waals surface area contributed by atoms with Gasteiger partial charge >= 0.3 is 6.09 Å². The highest BCUT2D eigenvalue weighted by Crippen LogP contribution is 2.29. The highest BCUT2D eigenvalue weighted by molar-refractivity contribution is 5.76. The van der Waals surface area contributed by atoms with Crippen LogP contribution in [0.5, 0.6) is 0 Å². The minimum absolute atomic E-state index is 0.129. The van der Waals surface area contributed by atoms with Crippen LogP contribution in [0.1, 0.15) is 46.0 Å². The molecule has 1 aliphatic rings. The maximum atomic E-state index is 12.2. The molecule has 0 spiro atoms. The first kappa shape index (κ1) is 19.0. The minimum Gasteiger partial charge on any atom is -0.446 e. The van der Waals surface area contributed by atoms with Crippen molar-refractivity contribution in [2.45, 2.75) is 52.1 Å². The number of hydrogen-bond donors (Lipinski definition) is 1. The van der Waals surface area contributed by atoms with E-state index in [0.29, 0.717) is 12.1 Å². The molecule has 0 aromatic heterocycles. The largest absolute Gasteiger partial charge is 0.446 e. The van der Waals surface area contributed by atoms with Crippen molar-refractivity contribution < 1.29 is 14.3 Å². The SMILES string of the molecule is C=C(/C=c1/cccc/c1=C/C)NC(=O)OC1CCCC[C@@H]1CC(C)=O. The molecule has 134 valence electrons. The molecule has 1 N–H and O–H groups in total. The van der Waals surface area contributed by atoms with Crippen LogP contribution in [0.25, 0.3) is 12.2 Å². The Labute approximate surface area is 149 Å². The highest BCUT2D eigenvalue weighted by atomic mass is 16.6. The number of hydrogen-bond acceptors (Lipinski definition) is 3. The number of amides is 1. The Morgan fingerprint density at radius 3 is 2.60 bits per heavy atom. The number of Topliss-reactive ketones (excluding diaryl/α,β-unsaturated/α-hetero) is 1. The van der Waals surface area contributed by atoms with Crippen LogP contribution in [0.3, 0.4) is 0 Å². The van der Waals surface area contributed by atoms with Crippen molar-refractivity contribution in [3.8, 4) is 0 Å². The predicted molar refractivity (Wildman–Crippen MR) is 100 cm³/mol. The fraction of sp³-hybridized carbons (Fsp3) is 0.429. The van der Waals surface area contributed by atoms with Crippen LogP contribution in [0.4, 0.5) is 4.79 Å². The topological polar surface area (TPSA) is 55.4 Å². The third-order valence-corrected chi connectivity index (χ3v) is 4.55. The normalized spacial score (nSPS) is 21.7. The van der Waals surface area contributed by atoms with Gasteiger partial charge in [0.1, 0.15) is 11.9 Å². The maximum Gasteiger partial charge on any atom is 0.411 e. The van der Waals surface area contributed by atoms with E-state index in [1.807, 2.05) is 43.3 Å². The monoisotopic (exact) mass is 341 g/mol. The molecular weight excluding hydrogens is 314 g/mol. The van der Waals surface area contributed by atoms with Gasteiger partial charge in [0.15, 0.2) is 0 Å². The average Bonchev–Trinajstić information content (AvgIpc) is 2.56. The minimum atomic E-state index is -0.500. The summed E-state index contributed by atoms with van der Waals surface area (Å²) < 4.78 is 5.58. The fourth-order valence-corrected chi connectivity index (χ4v) is 3.36. The van der Waals surface area contributed by atoms with Gasteiger partial charge in [-0.2, -0.15) is 0 Å². The predicted octanol–water partition coefficient (Wildman–Crippen LogP) is 3.05. The van der Waals surface area contributed by atoms with Gasteiger partial charge in [0.05, 0.1) is 0 Å². The second-order valence-corrected chi connectivity index (χ2v) is 6.61. The molecule has 2 rings (SSSR count). The number of benzene rings is 1. The summed E-state index contributed by atoms with van der Waals surface area (Å²) in [5.41, 5.74) is 0.484. The number of ketones is 1. The molecule has 1 aromatic rings. The summed E-state index contributed by atoms with van der Waals surface area (Å²) in [5.74, 6) is 0.274. The summed E-state index contributed by atoms with van der Waals surface area (Å²) in [6.45, 7) is 7.45. The Kier molecular flexibility index (Phi) is 6.99. The van der Waals surface area contributed by atoms with Crippen LogP contribution >= 0.6 is 0 Å². The molecule has 1 amide bonds. The van der Waals surface area contributed by atoms with Crippen molar-refractivity contribution in [3.05, 3.63) is 47.0 Å². The van der Waals surface area contributed by atoms with E-state index in [1.54, 1.807) is 6.92 Å². The Morgan fingerprint density at radius 1 is 1.24 bits per heavy atom. The van der Waals surface area contributed by atoms with Crippen LogP contribution in [-0.2, 0) is 9.53 Å². The average molecular weight is 341 g/mol. The Balaban J connectivity index is 1.99. The number of alkyl carbamates (subject to hydrolysis) is 1. The van der Waals surface area contributed by atoms with Gasteiger partial charge in [-0.3, -0.25) is 5.32 Å². The van der Waals surface area contributed by atoms with Crippen LogP contribution in [-0.4, -0.2) is 18.0 Å². The number of carbonyl (C=O) groups is 2. The van der Waals surface area contributed by atoms with Gasteiger partial charge in [0.2, 0.25) is 0 Å². The highest BCUT2D eigenvalue weighted by Gasteiger charge is 2.29. The number of ether oxygens (including phenoxy) is 1. The van der Waals surface area contributed by atoms with E-state index in [4.69, 9.17) is 4.74 Å². The molecule has 1 aliphatic carbocycles. The summed E-state index contributed by atoms with van der Waals surface area (Å²) in [5, 5.41) is 4.76. The Bertz CT molecular complexity index is 751. The van der Waals surface area contributed by atoms with Crippen molar-refractivity contribution in [2.75, 3.05) is 0 Å². The zero-order valence-electron chi connectivity index (χ0n) is 15.1. The number of allylic oxidation sites excluding steroid dienone is 1.